The maximum atomic E-state index is 12.3. The summed E-state index contributed by atoms with van der Waals surface area (Å²) in [4.78, 5) is 25.7. The highest BCUT2D eigenvalue weighted by Crippen LogP contribution is 2.30. The molecule has 2 fully saturated rings. The number of nitriles is 1. The Hall–Kier alpha value is -2.35. The second-order valence-corrected chi connectivity index (χ2v) is 5.49. The van der Waals surface area contributed by atoms with Crippen LogP contribution in [-0.2, 0) is 14.3 Å². The predicted molar refractivity (Wildman–Crippen MR) is 75.3 cm³/mol. The van der Waals surface area contributed by atoms with Crippen LogP contribution in [0.25, 0.3) is 0 Å². The number of ether oxygens (including phenoxy) is 1. The number of nitrogens with zero attached hydrogens (tertiary/aromatic N) is 2. The zero-order chi connectivity index (χ0) is 14.8. The first-order chi connectivity index (χ1) is 10.2. The number of carbonyl (C=O) groups excluding carboxylic acids is 2. The van der Waals surface area contributed by atoms with Crippen molar-refractivity contribution in [3.8, 4) is 6.07 Å². The molecular formula is C16H16N2O3. The van der Waals surface area contributed by atoms with Crippen LogP contribution < -0.4 is 4.90 Å². The molecule has 5 nitrogen and oxygen atoms in total. The van der Waals surface area contributed by atoms with Gasteiger partial charge in [0.05, 0.1) is 17.6 Å². The van der Waals surface area contributed by atoms with Crippen LogP contribution in [0.3, 0.4) is 0 Å². The van der Waals surface area contributed by atoms with Crippen molar-refractivity contribution in [2.24, 2.45) is 5.92 Å². The van der Waals surface area contributed by atoms with E-state index in [4.69, 9.17) is 10.00 Å². The van der Waals surface area contributed by atoms with Crippen LogP contribution in [0.5, 0.6) is 0 Å². The van der Waals surface area contributed by atoms with E-state index in [0.29, 0.717) is 18.5 Å². The second-order valence-electron chi connectivity index (χ2n) is 5.49. The molecule has 1 aromatic carbocycles. The number of anilines is 1. The van der Waals surface area contributed by atoms with E-state index < -0.39 is 6.10 Å². The number of hydrogen-bond donors (Lipinski definition) is 0. The molecule has 0 radical (unpaired) electrons. The smallest absolute Gasteiger partial charge is 0.309 e. The molecule has 0 aromatic heterocycles. The Morgan fingerprint density at radius 3 is 2.52 bits per heavy atom. The second kappa shape index (κ2) is 5.57. The van der Waals surface area contributed by atoms with Gasteiger partial charge in [-0.1, -0.05) is 6.42 Å². The Morgan fingerprint density at radius 1 is 1.24 bits per heavy atom. The van der Waals surface area contributed by atoms with Crippen LogP contribution in [0.15, 0.2) is 24.3 Å². The molecule has 1 saturated carbocycles. The van der Waals surface area contributed by atoms with Crippen molar-refractivity contribution in [3.05, 3.63) is 29.8 Å². The highest BCUT2D eigenvalue weighted by molar-refractivity contribution is 5.99. The fourth-order valence-corrected chi connectivity index (χ4v) is 2.62. The summed E-state index contributed by atoms with van der Waals surface area (Å²) in [6, 6.07) is 8.88. The molecule has 0 spiro atoms. The molecule has 21 heavy (non-hydrogen) atoms. The number of hydrogen-bond acceptors (Lipinski definition) is 4. The maximum Gasteiger partial charge on any atom is 0.309 e. The summed E-state index contributed by atoms with van der Waals surface area (Å²) in [6.45, 7) is 0.535. The lowest BCUT2D eigenvalue weighted by molar-refractivity contribution is -0.160. The minimum absolute atomic E-state index is 0.0123. The zero-order valence-electron chi connectivity index (χ0n) is 11.6. The van der Waals surface area contributed by atoms with Crippen LogP contribution in [0.2, 0.25) is 0 Å². The lowest BCUT2D eigenvalue weighted by atomic mass is 9.86. The van der Waals surface area contributed by atoms with Gasteiger partial charge in [0, 0.05) is 18.7 Å². The van der Waals surface area contributed by atoms with Crippen molar-refractivity contribution in [2.45, 2.75) is 31.8 Å². The van der Waals surface area contributed by atoms with Gasteiger partial charge in [0.1, 0.15) is 0 Å². The standard InChI is InChI=1S/C16H16N2O3/c17-10-11-4-6-13(7-5-11)18-9-8-14(15(18)19)21-16(20)12-2-1-3-12/h4-7,12,14H,1-3,8-9H2/t14-/m1/s1. The van der Waals surface area contributed by atoms with Crippen LogP contribution in [0.4, 0.5) is 5.69 Å². The zero-order valence-corrected chi connectivity index (χ0v) is 11.6. The normalized spacial score (nSPS) is 21.8. The van der Waals surface area contributed by atoms with E-state index in [-0.39, 0.29) is 17.8 Å². The molecule has 1 aromatic rings. The van der Waals surface area contributed by atoms with Gasteiger partial charge in [-0.05, 0) is 37.1 Å². The molecule has 3 rings (SSSR count). The molecule has 1 heterocycles. The van der Waals surface area contributed by atoms with Gasteiger partial charge in [-0.2, -0.15) is 5.26 Å². The summed E-state index contributed by atoms with van der Waals surface area (Å²) in [7, 11) is 0. The predicted octanol–water partition coefficient (Wildman–Crippen LogP) is 2.01. The minimum Gasteiger partial charge on any atom is -0.452 e. The Balaban J connectivity index is 1.65. The van der Waals surface area contributed by atoms with Gasteiger partial charge >= 0.3 is 5.97 Å². The minimum atomic E-state index is -0.659. The number of rotatable bonds is 3. The average Bonchev–Trinajstić information content (AvgIpc) is 2.78. The average molecular weight is 284 g/mol. The van der Waals surface area contributed by atoms with Crippen molar-refractivity contribution in [2.75, 3.05) is 11.4 Å². The fourth-order valence-electron chi connectivity index (χ4n) is 2.62. The van der Waals surface area contributed by atoms with Crippen molar-refractivity contribution >= 4 is 17.6 Å². The van der Waals surface area contributed by atoms with Gasteiger partial charge in [-0.15, -0.1) is 0 Å². The topological polar surface area (TPSA) is 70.4 Å². The lowest BCUT2D eigenvalue weighted by Gasteiger charge is -2.24. The quantitative estimate of drug-likeness (QED) is 0.796. The van der Waals surface area contributed by atoms with Gasteiger partial charge in [0.25, 0.3) is 5.91 Å². The molecule has 0 bridgehead atoms. The van der Waals surface area contributed by atoms with Crippen LogP contribution >= 0.6 is 0 Å². The molecule has 5 heteroatoms. The first-order valence-electron chi connectivity index (χ1n) is 7.21. The summed E-state index contributed by atoms with van der Waals surface area (Å²) >= 11 is 0. The third kappa shape index (κ3) is 2.62. The molecule has 0 N–H and O–H groups in total. The lowest BCUT2D eigenvalue weighted by Crippen LogP contribution is -2.34. The van der Waals surface area contributed by atoms with E-state index in [1.54, 1.807) is 29.2 Å². The van der Waals surface area contributed by atoms with Crippen LogP contribution in [-0.4, -0.2) is 24.5 Å². The highest BCUT2D eigenvalue weighted by Gasteiger charge is 2.37. The van der Waals surface area contributed by atoms with Crippen LogP contribution in [0.1, 0.15) is 31.2 Å². The first kappa shape index (κ1) is 13.6. The largest absolute Gasteiger partial charge is 0.452 e. The third-order valence-corrected chi connectivity index (χ3v) is 4.16. The monoisotopic (exact) mass is 284 g/mol. The van der Waals surface area contributed by atoms with E-state index in [2.05, 4.69) is 0 Å². The van der Waals surface area contributed by atoms with E-state index in [1.807, 2.05) is 6.07 Å². The molecule has 1 saturated heterocycles. The number of amides is 1. The van der Waals surface area contributed by atoms with Crippen LogP contribution in [0, 0.1) is 17.2 Å². The molecular weight excluding hydrogens is 268 g/mol. The summed E-state index contributed by atoms with van der Waals surface area (Å²) in [6.07, 6.45) is 2.68. The third-order valence-electron chi connectivity index (χ3n) is 4.16. The Labute approximate surface area is 123 Å². The molecule has 1 aliphatic carbocycles. The molecule has 1 atom stereocenters. The van der Waals surface area contributed by atoms with Gasteiger partial charge in [0.15, 0.2) is 6.10 Å². The van der Waals surface area contributed by atoms with Gasteiger partial charge < -0.3 is 9.64 Å². The summed E-state index contributed by atoms with van der Waals surface area (Å²) in [5, 5.41) is 8.78. The Kier molecular flexibility index (Phi) is 3.61. The van der Waals surface area contributed by atoms with Crippen molar-refractivity contribution < 1.29 is 14.3 Å². The summed E-state index contributed by atoms with van der Waals surface area (Å²) in [5.74, 6) is -0.421. The number of esters is 1. The first-order valence-corrected chi connectivity index (χ1v) is 7.21. The van der Waals surface area contributed by atoms with Crippen molar-refractivity contribution in [1.29, 1.82) is 5.26 Å². The van der Waals surface area contributed by atoms with E-state index in [1.165, 1.54) is 0 Å². The summed E-state index contributed by atoms with van der Waals surface area (Å²) < 4.78 is 5.34. The SMILES string of the molecule is N#Cc1ccc(N2CC[C@@H](OC(=O)C3CCC3)C2=O)cc1. The molecule has 1 amide bonds. The molecule has 0 unspecified atom stereocenters. The maximum absolute atomic E-state index is 12.3. The van der Waals surface area contributed by atoms with Crippen molar-refractivity contribution in [3.63, 3.8) is 0 Å². The van der Waals surface area contributed by atoms with Gasteiger partial charge in [0.2, 0.25) is 0 Å². The number of carbonyl (C=O) groups is 2. The number of benzene rings is 1. The van der Waals surface area contributed by atoms with E-state index in [9.17, 15) is 9.59 Å². The fraction of sp³-hybridized carbons (Fsp3) is 0.438. The molecule has 1 aliphatic heterocycles. The van der Waals surface area contributed by atoms with Gasteiger partial charge in [-0.25, -0.2) is 0 Å². The van der Waals surface area contributed by atoms with E-state index >= 15 is 0 Å². The van der Waals surface area contributed by atoms with Gasteiger partial charge in [-0.3, -0.25) is 9.59 Å². The highest BCUT2D eigenvalue weighted by atomic mass is 16.5. The van der Waals surface area contributed by atoms with Crippen molar-refractivity contribution in [1.82, 2.24) is 0 Å². The van der Waals surface area contributed by atoms with E-state index in [0.717, 1.165) is 24.9 Å². The Bertz CT molecular complexity index is 599. The molecule has 108 valence electrons. The summed E-state index contributed by atoms with van der Waals surface area (Å²) in [5.41, 5.74) is 1.29. The Morgan fingerprint density at radius 2 is 1.95 bits per heavy atom. The molecule has 2 aliphatic rings.